The number of halogens is 1. The number of benzene rings is 2. The summed E-state index contributed by atoms with van der Waals surface area (Å²) in [7, 11) is 1.64. The monoisotopic (exact) mass is 386 g/mol. The van der Waals surface area contributed by atoms with Gasteiger partial charge in [-0.25, -0.2) is 0 Å². The number of nitrogens with zero attached hydrogens (tertiary/aromatic N) is 1. The molecule has 142 valence electrons. The molecule has 1 aliphatic rings. The number of ether oxygens (including phenoxy) is 1. The number of amides is 2. The van der Waals surface area contributed by atoms with Crippen LogP contribution in [-0.4, -0.2) is 36.9 Å². The molecule has 6 heteroatoms. The van der Waals surface area contributed by atoms with Crippen molar-refractivity contribution in [3.05, 3.63) is 58.1 Å². The largest absolute Gasteiger partial charge is 0.492 e. The predicted octanol–water partition coefficient (Wildman–Crippen LogP) is 3.61. The van der Waals surface area contributed by atoms with Crippen LogP contribution in [0.5, 0.6) is 5.75 Å². The van der Waals surface area contributed by atoms with Crippen molar-refractivity contribution >= 4 is 29.1 Å². The molecular weight excluding hydrogens is 364 g/mol. The van der Waals surface area contributed by atoms with Gasteiger partial charge in [-0.3, -0.25) is 9.59 Å². The molecule has 0 aliphatic carbocycles. The number of likely N-dealkylation sites (N-methyl/N-ethyl adjacent to an activating group) is 1. The Balaban J connectivity index is 1.60. The van der Waals surface area contributed by atoms with Crippen LogP contribution >= 0.6 is 11.6 Å². The Bertz CT molecular complexity index is 882. The van der Waals surface area contributed by atoms with E-state index in [1.807, 2.05) is 44.2 Å². The molecule has 0 unspecified atom stereocenters. The summed E-state index contributed by atoms with van der Waals surface area (Å²) in [5.74, 6) is 0.102. The molecule has 27 heavy (non-hydrogen) atoms. The van der Waals surface area contributed by atoms with E-state index in [0.29, 0.717) is 18.1 Å². The molecule has 2 aromatic rings. The first kappa shape index (κ1) is 19.2. The Labute approximate surface area is 164 Å². The van der Waals surface area contributed by atoms with E-state index in [1.54, 1.807) is 13.1 Å². The first-order valence-corrected chi connectivity index (χ1v) is 9.25. The van der Waals surface area contributed by atoms with Crippen molar-refractivity contribution in [3.8, 4) is 5.75 Å². The number of carbonyl (C=O) groups excluding carboxylic acids is 2. The van der Waals surface area contributed by atoms with E-state index in [0.717, 1.165) is 28.1 Å². The zero-order valence-electron chi connectivity index (χ0n) is 15.7. The lowest BCUT2D eigenvalue weighted by Gasteiger charge is -2.28. The van der Waals surface area contributed by atoms with E-state index in [9.17, 15) is 9.59 Å². The van der Waals surface area contributed by atoms with Gasteiger partial charge in [-0.2, -0.15) is 0 Å². The van der Waals surface area contributed by atoms with Gasteiger partial charge in [0.25, 0.3) is 0 Å². The second-order valence-corrected chi connectivity index (χ2v) is 7.39. The highest BCUT2D eigenvalue weighted by atomic mass is 35.5. The molecule has 0 saturated heterocycles. The van der Waals surface area contributed by atoms with E-state index < -0.39 is 0 Å². The molecule has 0 fully saturated rings. The second-order valence-electron chi connectivity index (χ2n) is 6.95. The Hall–Kier alpha value is -2.53. The van der Waals surface area contributed by atoms with Crippen LogP contribution in [0.2, 0.25) is 5.02 Å². The highest BCUT2D eigenvalue weighted by Crippen LogP contribution is 2.30. The molecule has 0 radical (unpaired) electrons. The average Bonchev–Trinajstić information content (AvgIpc) is 2.64. The lowest BCUT2D eigenvalue weighted by molar-refractivity contribution is -0.138. The Morgan fingerprint density at radius 2 is 2.04 bits per heavy atom. The zero-order valence-corrected chi connectivity index (χ0v) is 16.5. The predicted molar refractivity (Wildman–Crippen MR) is 106 cm³/mol. The van der Waals surface area contributed by atoms with Crippen molar-refractivity contribution in [2.24, 2.45) is 5.92 Å². The molecule has 1 heterocycles. The molecule has 1 atom stereocenters. The van der Waals surface area contributed by atoms with Crippen LogP contribution in [0.1, 0.15) is 16.7 Å². The molecule has 3 rings (SSSR count). The van der Waals surface area contributed by atoms with Gasteiger partial charge in [0.1, 0.15) is 12.4 Å². The third kappa shape index (κ3) is 4.42. The van der Waals surface area contributed by atoms with Gasteiger partial charge in [0, 0.05) is 17.8 Å². The fourth-order valence-electron chi connectivity index (χ4n) is 3.20. The number of hydrogen-bond donors (Lipinski definition) is 1. The normalized spacial score (nSPS) is 15.5. The number of aryl methyl sites for hydroxylation is 1. The SMILES string of the molecule is Cc1cccc(NC(=O)CN(C)C(=O)[C@@H]2COc3ccc(Cl)cc3C2)c1C. The summed E-state index contributed by atoms with van der Waals surface area (Å²) < 4.78 is 5.69. The number of fused-ring (bicyclic) bond motifs is 1. The zero-order chi connectivity index (χ0) is 19.6. The molecule has 0 bridgehead atoms. The Kier molecular flexibility index (Phi) is 5.71. The quantitative estimate of drug-likeness (QED) is 0.873. The van der Waals surface area contributed by atoms with Gasteiger partial charge in [0.2, 0.25) is 11.8 Å². The maximum absolute atomic E-state index is 12.7. The van der Waals surface area contributed by atoms with Gasteiger partial charge in [0.15, 0.2) is 0 Å². The Morgan fingerprint density at radius 3 is 2.81 bits per heavy atom. The van der Waals surface area contributed by atoms with Crippen LogP contribution in [0.4, 0.5) is 5.69 Å². The highest BCUT2D eigenvalue weighted by molar-refractivity contribution is 6.30. The smallest absolute Gasteiger partial charge is 0.243 e. The molecule has 1 N–H and O–H groups in total. The first-order valence-electron chi connectivity index (χ1n) is 8.87. The van der Waals surface area contributed by atoms with Crippen LogP contribution in [0, 0.1) is 19.8 Å². The summed E-state index contributed by atoms with van der Waals surface area (Å²) in [4.78, 5) is 26.5. The number of rotatable bonds is 4. The van der Waals surface area contributed by atoms with Crippen molar-refractivity contribution in [2.45, 2.75) is 20.3 Å². The summed E-state index contributed by atoms with van der Waals surface area (Å²) in [6, 6.07) is 11.2. The minimum absolute atomic E-state index is 0.00881. The maximum atomic E-state index is 12.7. The minimum atomic E-state index is -0.325. The van der Waals surface area contributed by atoms with Crippen molar-refractivity contribution in [2.75, 3.05) is 25.5 Å². The Morgan fingerprint density at radius 1 is 1.26 bits per heavy atom. The average molecular weight is 387 g/mol. The molecule has 0 spiro atoms. The molecule has 2 aromatic carbocycles. The van der Waals surface area contributed by atoms with Crippen molar-refractivity contribution in [3.63, 3.8) is 0 Å². The van der Waals surface area contributed by atoms with Gasteiger partial charge < -0.3 is 15.0 Å². The number of nitrogens with one attached hydrogen (secondary N) is 1. The lowest BCUT2D eigenvalue weighted by atomic mass is 9.95. The third-order valence-electron chi connectivity index (χ3n) is 4.91. The van der Waals surface area contributed by atoms with E-state index in [-0.39, 0.29) is 24.3 Å². The van der Waals surface area contributed by atoms with Crippen LogP contribution in [-0.2, 0) is 16.0 Å². The molecular formula is C21H23ClN2O3. The summed E-state index contributed by atoms with van der Waals surface area (Å²) >= 11 is 6.03. The van der Waals surface area contributed by atoms with E-state index >= 15 is 0 Å². The van der Waals surface area contributed by atoms with Crippen LogP contribution in [0.25, 0.3) is 0 Å². The van der Waals surface area contributed by atoms with E-state index in [1.165, 1.54) is 4.90 Å². The van der Waals surface area contributed by atoms with Gasteiger partial charge in [-0.1, -0.05) is 23.7 Å². The van der Waals surface area contributed by atoms with Gasteiger partial charge in [0.05, 0.1) is 12.5 Å². The van der Waals surface area contributed by atoms with Crippen molar-refractivity contribution in [1.29, 1.82) is 0 Å². The van der Waals surface area contributed by atoms with Crippen LogP contribution in [0.3, 0.4) is 0 Å². The topological polar surface area (TPSA) is 58.6 Å². The fraction of sp³-hybridized carbons (Fsp3) is 0.333. The van der Waals surface area contributed by atoms with Gasteiger partial charge >= 0.3 is 0 Å². The van der Waals surface area contributed by atoms with Crippen LogP contribution < -0.4 is 10.1 Å². The van der Waals surface area contributed by atoms with Gasteiger partial charge in [-0.05, 0) is 61.2 Å². The summed E-state index contributed by atoms with van der Waals surface area (Å²) in [5, 5.41) is 3.50. The lowest BCUT2D eigenvalue weighted by Crippen LogP contribution is -2.42. The summed E-state index contributed by atoms with van der Waals surface area (Å²) in [5.41, 5.74) is 3.81. The van der Waals surface area contributed by atoms with Gasteiger partial charge in [-0.15, -0.1) is 0 Å². The highest BCUT2D eigenvalue weighted by Gasteiger charge is 2.29. The summed E-state index contributed by atoms with van der Waals surface area (Å²) in [6.07, 6.45) is 0.553. The molecule has 0 saturated carbocycles. The fourth-order valence-corrected chi connectivity index (χ4v) is 3.40. The number of anilines is 1. The summed E-state index contributed by atoms with van der Waals surface area (Å²) in [6.45, 7) is 4.25. The number of hydrogen-bond acceptors (Lipinski definition) is 3. The molecule has 2 amide bonds. The van der Waals surface area contributed by atoms with E-state index in [2.05, 4.69) is 5.32 Å². The number of carbonyl (C=O) groups is 2. The molecule has 0 aromatic heterocycles. The third-order valence-corrected chi connectivity index (χ3v) is 5.15. The molecule has 1 aliphatic heterocycles. The van der Waals surface area contributed by atoms with Crippen LogP contribution in [0.15, 0.2) is 36.4 Å². The minimum Gasteiger partial charge on any atom is -0.492 e. The van der Waals surface area contributed by atoms with Crippen molar-refractivity contribution in [1.82, 2.24) is 4.90 Å². The standard InChI is InChI=1S/C21H23ClN2O3/c1-13-5-4-6-18(14(13)2)23-20(25)11-24(3)21(26)16-9-15-10-17(22)7-8-19(15)27-12-16/h4-8,10,16H,9,11-12H2,1-3H3,(H,23,25)/t16-/m0/s1. The first-order chi connectivity index (χ1) is 12.8. The maximum Gasteiger partial charge on any atom is 0.243 e. The molecule has 5 nitrogen and oxygen atoms in total. The van der Waals surface area contributed by atoms with Crippen molar-refractivity contribution < 1.29 is 14.3 Å². The van der Waals surface area contributed by atoms with E-state index in [4.69, 9.17) is 16.3 Å². The second kappa shape index (κ2) is 8.01.